The second kappa shape index (κ2) is 11.8. The fourth-order valence-corrected chi connectivity index (χ4v) is 5.03. The molecule has 0 spiro atoms. The first-order valence-corrected chi connectivity index (χ1v) is 11.8. The normalized spacial score (nSPS) is 11.5. The highest BCUT2D eigenvalue weighted by Crippen LogP contribution is 2.50. The van der Waals surface area contributed by atoms with Crippen LogP contribution in [-0.2, 0) is 0 Å². The lowest BCUT2D eigenvalue weighted by atomic mass is 9.98. The van der Waals surface area contributed by atoms with E-state index in [1.807, 2.05) is 6.92 Å². The Morgan fingerprint density at radius 1 is 0.917 bits per heavy atom. The third kappa shape index (κ3) is 4.84. The van der Waals surface area contributed by atoms with E-state index in [1.54, 1.807) is 18.2 Å². The maximum atomic E-state index is 13.4. The summed E-state index contributed by atoms with van der Waals surface area (Å²) in [6, 6.07) is 7.90. The van der Waals surface area contributed by atoms with E-state index in [2.05, 4.69) is 10.7 Å². The minimum atomic E-state index is -0.380. The average molecular weight is 517 g/mol. The summed E-state index contributed by atoms with van der Waals surface area (Å²) >= 11 is 1.08. The van der Waals surface area contributed by atoms with E-state index in [0.717, 1.165) is 11.8 Å². The quantitative estimate of drug-likeness (QED) is 0.228. The molecule has 0 saturated carbocycles. The van der Waals surface area contributed by atoms with Gasteiger partial charge in [-0.25, -0.2) is 0 Å². The van der Waals surface area contributed by atoms with Crippen molar-refractivity contribution in [1.82, 2.24) is 0 Å². The molecule has 192 valence electrons. The number of nitrogens with zero attached hydrogens (tertiary/aromatic N) is 1. The van der Waals surface area contributed by atoms with Gasteiger partial charge < -0.3 is 23.7 Å². The van der Waals surface area contributed by atoms with Gasteiger partial charge in [-0.05, 0) is 41.9 Å². The Morgan fingerprint density at radius 2 is 1.53 bits per heavy atom. The number of carbonyl (C=O) groups is 1. The summed E-state index contributed by atoms with van der Waals surface area (Å²) in [5.74, 6) is 1.85. The molecule has 1 unspecified atom stereocenters. The molecule has 3 aromatic carbocycles. The lowest BCUT2D eigenvalue weighted by Crippen LogP contribution is -2.05. The van der Waals surface area contributed by atoms with Crippen molar-refractivity contribution in [2.24, 2.45) is 5.18 Å². The van der Waals surface area contributed by atoms with Crippen LogP contribution in [0.3, 0.4) is 0 Å². The molecule has 0 saturated heterocycles. The molecule has 0 aromatic heterocycles. The fourth-order valence-electron chi connectivity index (χ4n) is 4.05. The van der Waals surface area contributed by atoms with Crippen molar-refractivity contribution in [3.05, 3.63) is 46.4 Å². The SMILES string of the molecule is CCC(SC(=O)c1cc(OC)c(OC)c(OC)c1)c1cc(OC)c2c(NO)ccc(N=O)c2c1OC. The van der Waals surface area contributed by atoms with Crippen LogP contribution in [0, 0.1) is 4.91 Å². The molecule has 0 aliphatic carbocycles. The maximum Gasteiger partial charge on any atom is 0.220 e. The Morgan fingerprint density at radius 3 is 2.00 bits per heavy atom. The van der Waals surface area contributed by atoms with Crippen LogP contribution < -0.4 is 29.2 Å². The van der Waals surface area contributed by atoms with Crippen molar-refractivity contribution >= 4 is 39.0 Å². The molecule has 11 heteroatoms. The molecule has 0 aliphatic rings. The molecule has 0 heterocycles. The van der Waals surface area contributed by atoms with Gasteiger partial charge in [0.25, 0.3) is 0 Å². The third-order valence-electron chi connectivity index (χ3n) is 5.72. The molecule has 36 heavy (non-hydrogen) atoms. The second-order valence-electron chi connectivity index (χ2n) is 7.50. The molecule has 1 atom stereocenters. The Labute approximate surface area is 212 Å². The summed E-state index contributed by atoms with van der Waals surface area (Å²) in [6.45, 7) is 1.93. The Hall–Kier alpha value is -3.70. The van der Waals surface area contributed by atoms with Gasteiger partial charge in [-0.2, -0.15) is 0 Å². The van der Waals surface area contributed by atoms with Crippen LogP contribution in [0.25, 0.3) is 10.8 Å². The number of benzene rings is 3. The van der Waals surface area contributed by atoms with Gasteiger partial charge in [0.1, 0.15) is 17.2 Å². The van der Waals surface area contributed by atoms with E-state index in [4.69, 9.17) is 23.7 Å². The van der Waals surface area contributed by atoms with Crippen molar-refractivity contribution in [3.63, 3.8) is 0 Å². The molecule has 0 fully saturated rings. The van der Waals surface area contributed by atoms with Crippen LogP contribution >= 0.6 is 11.8 Å². The number of hydrogen-bond acceptors (Lipinski definition) is 11. The smallest absolute Gasteiger partial charge is 0.220 e. The first-order chi connectivity index (χ1) is 17.4. The van der Waals surface area contributed by atoms with Crippen LogP contribution in [-0.4, -0.2) is 45.9 Å². The van der Waals surface area contributed by atoms with E-state index >= 15 is 0 Å². The Bertz CT molecular complexity index is 1260. The van der Waals surface area contributed by atoms with Gasteiger partial charge in [-0.1, -0.05) is 18.7 Å². The second-order valence-corrected chi connectivity index (χ2v) is 8.68. The van der Waals surface area contributed by atoms with Crippen molar-refractivity contribution in [1.29, 1.82) is 0 Å². The number of methoxy groups -OCH3 is 5. The number of carbonyl (C=O) groups excluding carboxylic acids is 1. The van der Waals surface area contributed by atoms with Crippen LogP contribution in [0.2, 0.25) is 0 Å². The van der Waals surface area contributed by atoms with E-state index in [-0.39, 0.29) is 16.1 Å². The molecular formula is C25H28N2O8S. The minimum Gasteiger partial charge on any atom is -0.496 e. The molecule has 0 aliphatic heterocycles. The number of fused-ring (bicyclic) bond motifs is 1. The number of anilines is 1. The zero-order valence-corrected chi connectivity index (χ0v) is 21.6. The molecule has 3 aromatic rings. The van der Waals surface area contributed by atoms with E-state index in [9.17, 15) is 14.9 Å². The van der Waals surface area contributed by atoms with Crippen molar-refractivity contribution in [2.45, 2.75) is 18.6 Å². The lowest BCUT2D eigenvalue weighted by Gasteiger charge is -2.22. The molecule has 0 bridgehead atoms. The van der Waals surface area contributed by atoms with Crippen molar-refractivity contribution in [2.75, 3.05) is 41.0 Å². The van der Waals surface area contributed by atoms with Crippen molar-refractivity contribution in [3.8, 4) is 28.7 Å². The first kappa shape index (κ1) is 26.9. The van der Waals surface area contributed by atoms with Crippen molar-refractivity contribution < 1.29 is 33.7 Å². The number of ether oxygens (including phenoxy) is 5. The fraction of sp³-hybridized carbons (Fsp3) is 0.320. The Balaban J connectivity index is 2.16. The maximum absolute atomic E-state index is 13.4. The van der Waals surface area contributed by atoms with Gasteiger partial charge in [0.15, 0.2) is 11.5 Å². The summed E-state index contributed by atoms with van der Waals surface area (Å²) < 4.78 is 27.4. The van der Waals surface area contributed by atoms with Gasteiger partial charge in [0.2, 0.25) is 10.9 Å². The first-order valence-electron chi connectivity index (χ1n) is 10.9. The van der Waals surface area contributed by atoms with Gasteiger partial charge in [0, 0.05) is 16.4 Å². The highest BCUT2D eigenvalue weighted by Gasteiger charge is 2.27. The standard InChI is InChI=1S/C25H28N2O8S/c1-7-20(36-25(28)13-10-18(32-3)24(35-6)19(11-13)33-4)14-12-17(31-2)21-15(26-29)8-9-16(27-30)22(21)23(14)34-5/h8-12,20,26,29H,7H2,1-6H3. The zero-order chi connectivity index (χ0) is 26.4. The predicted molar refractivity (Wildman–Crippen MR) is 139 cm³/mol. The molecule has 2 N–H and O–H groups in total. The largest absolute Gasteiger partial charge is 0.496 e. The predicted octanol–water partition coefficient (Wildman–Crippen LogP) is 6.11. The summed E-state index contributed by atoms with van der Waals surface area (Å²) in [6.07, 6.45) is 0.549. The summed E-state index contributed by atoms with van der Waals surface area (Å²) in [7, 11) is 7.39. The highest BCUT2D eigenvalue weighted by atomic mass is 32.2. The van der Waals surface area contributed by atoms with Gasteiger partial charge in [-0.15, -0.1) is 4.91 Å². The number of nitrogens with one attached hydrogen (secondary N) is 1. The topological polar surface area (TPSA) is 125 Å². The highest BCUT2D eigenvalue weighted by molar-refractivity contribution is 8.14. The zero-order valence-electron chi connectivity index (χ0n) is 20.8. The molecule has 0 amide bonds. The van der Waals surface area contributed by atoms with Gasteiger partial charge in [-0.3, -0.25) is 15.5 Å². The average Bonchev–Trinajstić information content (AvgIpc) is 2.93. The van der Waals surface area contributed by atoms with Gasteiger partial charge >= 0.3 is 0 Å². The Kier molecular flexibility index (Phi) is 8.83. The molecule has 3 rings (SSSR count). The monoisotopic (exact) mass is 516 g/mol. The van der Waals surface area contributed by atoms with E-state index < -0.39 is 0 Å². The number of hydrogen-bond donors (Lipinski definition) is 2. The van der Waals surface area contributed by atoms with Crippen LogP contribution in [0.1, 0.15) is 34.5 Å². The molecular weight excluding hydrogens is 488 g/mol. The summed E-state index contributed by atoms with van der Waals surface area (Å²) in [4.78, 5) is 25.0. The van der Waals surface area contributed by atoms with Crippen LogP contribution in [0.5, 0.6) is 28.7 Å². The molecule has 0 radical (unpaired) electrons. The minimum absolute atomic E-state index is 0.108. The number of nitroso groups, excluding NO2 is 1. The van der Waals surface area contributed by atoms with Gasteiger partial charge in [0.05, 0.1) is 52.0 Å². The number of rotatable bonds is 11. The number of thioether (sulfide) groups is 1. The third-order valence-corrected chi connectivity index (χ3v) is 7.04. The lowest BCUT2D eigenvalue weighted by molar-refractivity contribution is 0.108. The summed E-state index contributed by atoms with van der Waals surface area (Å²) in [5.41, 5.74) is 3.54. The molecule has 10 nitrogen and oxygen atoms in total. The van der Waals surface area contributed by atoms with E-state index in [1.165, 1.54) is 47.7 Å². The van der Waals surface area contributed by atoms with Crippen LogP contribution in [0.4, 0.5) is 11.4 Å². The summed E-state index contributed by atoms with van der Waals surface area (Å²) in [5, 5.41) is 13.0. The van der Waals surface area contributed by atoms with Crippen LogP contribution in [0.15, 0.2) is 35.5 Å². The van der Waals surface area contributed by atoms with E-state index in [0.29, 0.717) is 62.8 Å².